The quantitative estimate of drug-likeness (QED) is 0.722. The standard InChI is InChI=1S/C12H24N2/c1-10(2)14(8-11-5-6-11)9-12-4-3-7-13-12/h10-13H,3-9H2,1-2H3/t12-/m1/s1. The Morgan fingerprint density at radius 1 is 1.21 bits per heavy atom. The summed E-state index contributed by atoms with van der Waals surface area (Å²) in [5, 5.41) is 3.59. The van der Waals surface area contributed by atoms with Crippen molar-refractivity contribution in [3.8, 4) is 0 Å². The van der Waals surface area contributed by atoms with Crippen LogP contribution in [-0.2, 0) is 0 Å². The fourth-order valence-electron chi connectivity index (χ4n) is 2.32. The van der Waals surface area contributed by atoms with Gasteiger partial charge in [-0.2, -0.15) is 0 Å². The second-order valence-electron chi connectivity index (χ2n) is 5.28. The Labute approximate surface area is 88.1 Å². The Hall–Kier alpha value is -0.0800. The smallest absolute Gasteiger partial charge is 0.0195 e. The molecule has 2 heteroatoms. The van der Waals surface area contributed by atoms with Crippen molar-refractivity contribution in [3.63, 3.8) is 0 Å². The molecular weight excluding hydrogens is 172 g/mol. The minimum atomic E-state index is 0.720. The van der Waals surface area contributed by atoms with Gasteiger partial charge < -0.3 is 5.32 Å². The molecule has 1 heterocycles. The lowest BCUT2D eigenvalue weighted by Gasteiger charge is -2.29. The fraction of sp³-hybridized carbons (Fsp3) is 1.00. The van der Waals surface area contributed by atoms with Gasteiger partial charge in [-0.3, -0.25) is 4.90 Å². The molecule has 1 saturated carbocycles. The maximum atomic E-state index is 3.59. The summed E-state index contributed by atoms with van der Waals surface area (Å²) < 4.78 is 0. The zero-order valence-corrected chi connectivity index (χ0v) is 9.63. The first-order valence-corrected chi connectivity index (χ1v) is 6.23. The van der Waals surface area contributed by atoms with Crippen molar-refractivity contribution in [3.05, 3.63) is 0 Å². The Morgan fingerprint density at radius 2 is 2.00 bits per heavy atom. The Morgan fingerprint density at radius 3 is 2.50 bits per heavy atom. The second kappa shape index (κ2) is 4.63. The van der Waals surface area contributed by atoms with E-state index in [9.17, 15) is 0 Å². The highest BCUT2D eigenvalue weighted by Crippen LogP contribution is 2.30. The molecule has 2 fully saturated rings. The van der Waals surface area contributed by atoms with Crippen LogP contribution in [0.3, 0.4) is 0 Å². The minimum Gasteiger partial charge on any atom is -0.313 e. The third kappa shape index (κ3) is 2.96. The van der Waals surface area contributed by atoms with Gasteiger partial charge >= 0.3 is 0 Å². The van der Waals surface area contributed by atoms with Crippen LogP contribution >= 0.6 is 0 Å². The summed E-state index contributed by atoms with van der Waals surface area (Å²) in [4.78, 5) is 2.67. The van der Waals surface area contributed by atoms with Crippen molar-refractivity contribution < 1.29 is 0 Å². The molecule has 82 valence electrons. The van der Waals surface area contributed by atoms with E-state index in [2.05, 4.69) is 24.1 Å². The van der Waals surface area contributed by atoms with Gasteiger partial charge in [-0.15, -0.1) is 0 Å². The number of hydrogen-bond acceptors (Lipinski definition) is 2. The van der Waals surface area contributed by atoms with Crippen molar-refractivity contribution in [1.82, 2.24) is 10.2 Å². The summed E-state index contributed by atoms with van der Waals surface area (Å²) in [7, 11) is 0. The first-order valence-electron chi connectivity index (χ1n) is 6.23. The highest BCUT2D eigenvalue weighted by atomic mass is 15.2. The molecule has 1 atom stereocenters. The molecule has 0 aromatic rings. The van der Waals surface area contributed by atoms with E-state index >= 15 is 0 Å². The van der Waals surface area contributed by atoms with E-state index in [0.29, 0.717) is 0 Å². The third-order valence-corrected chi connectivity index (χ3v) is 3.54. The molecule has 1 N–H and O–H groups in total. The summed E-state index contributed by atoms with van der Waals surface area (Å²) in [5.74, 6) is 1.03. The molecule has 1 saturated heterocycles. The van der Waals surface area contributed by atoms with E-state index in [-0.39, 0.29) is 0 Å². The number of rotatable bonds is 5. The van der Waals surface area contributed by atoms with E-state index in [1.54, 1.807) is 0 Å². The molecule has 0 amide bonds. The molecule has 0 aromatic carbocycles. The van der Waals surface area contributed by atoms with Gasteiger partial charge in [0.05, 0.1) is 0 Å². The van der Waals surface area contributed by atoms with Crippen LogP contribution in [0.4, 0.5) is 0 Å². The number of hydrogen-bond donors (Lipinski definition) is 1. The lowest BCUT2D eigenvalue weighted by Crippen LogP contribution is -2.42. The molecule has 0 aromatic heterocycles. The molecule has 14 heavy (non-hydrogen) atoms. The second-order valence-corrected chi connectivity index (χ2v) is 5.28. The van der Waals surface area contributed by atoms with E-state index < -0.39 is 0 Å². The molecular formula is C12H24N2. The fourth-order valence-corrected chi connectivity index (χ4v) is 2.32. The third-order valence-electron chi connectivity index (χ3n) is 3.54. The Kier molecular flexibility index (Phi) is 3.45. The van der Waals surface area contributed by atoms with Gasteiger partial charge in [0.25, 0.3) is 0 Å². The highest BCUT2D eigenvalue weighted by molar-refractivity contribution is 4.83. The van der Waals surface area contributed by atoms with Gasteiger partial charge in [-0.1, -0.05) is 0 Å². The van der Waals surface area contributed by atoms with Gasteiger partial charge in [0.2, 0.25) is 0 Å². The largest absolute Gasteiger partial charge is 0.313 e. The van der Waals surface area contributed by atoms with Crippen LogP contribution in [0.25, 0.3) is 0 Å². The van der Waals surface area contributed by atoms with Crippen LogP contribution in [0.5, 0.6) is 0 Å². The first-order chi connectivity index (χ1) is 6.75. The van der Waals surface area contributed by atoms with Crippen LogP contribution in [-0.4, -0.2) is 36.6 Å². The molecule has 2 nitrogen and oxygen atoms in total. The molecule has 0 bridgehead atoms. The van der Waals surface area contributed by atoms with Gasteiger partial charge in [-0.25, -0.2) is 0 Å². The molecule has 0 unspecified atom stereocenters. The maximum Gasteiger partial charge on any atom is 0.0195 e. The number of nitrogens with one attached hydrogen (secondary N) is 1. The van der Waals surface area contributed by atoms with Crippen molar-refractivity contribution in [2.24, 2.45) is 5.92 Å². The van der Waals surface area contributed by atoms with Gasteiger partial charge in [0.15, 0.2) is 0 Å². The van der Waals surface area contributed by atoms with Crippen molar-refractivity contribution in [2.75, 3.05) is 19.6 Å². The zero-order chi connectivity index (χ0) is 9.97. The predicted molar refractivity (Wildman–Crippen MR) is 60.5 cm³/mol. The Bertz CT molecular complexity index is 169. The summed E-state index contributed by atoms with van der Waals surface area (Å²) in [6.45, 7) is 8.51. The average molecular weight is 196 g/mol. The van der Waals surface area contributed by atoms with E-state index in [1.807, 2.05) is 0 Å². The topological polar surface area (TPSA) is 15.3 Å². The molecule has 1 aliphatic heterocycles. The molecule has 1 aliphatic carbocycles. The highest BCUT2D eigenvalue weighted by Gasteiger charge is 2.27. The monoisotopic (exact) mass is 196 g/mol. The van der Waals surface area contributed by atoms with Crippen molar-refractivity contribution in [2.45, 2.75) is 51.6 Å². The predicted octanol–water partition coefficient (Wildman–Crippen LogP) is 1.86. The van der Waals surface area contributed by atoms with Crippen LogP contribution in [0.15, 0.2) is 0 Å². The first kappa shape index (κ1) is 10.4. The van der Waals surface area contributed by atoms with Crippen molar-refractivity contribution in [1.29, 1.82) is 0 Å². The van der Waals surface area contributed by atoms with Crippen LogP contribution in [0.2, 0.25) is 0 Å². The average Bonchev–Trinajstić information content (AvgIpc) is 2.80. The van der Waals surface area contributed by atoms with E-state index in [0.717, 1.165) is 18.0 Å². The minimum absolute atomic E-state index is 0.720. The van der Waals surface area contributed by atoms with Gasteiger partial charge in [0.1, 0.15) is 0 Å². The molecule has 2 aliphatic rings. The van der Waals surface area contributed by atoms with Crippen LogP contribution < -0.4 is 5.32 Å². The summed E-state index contributed by atoms with van der Waals surface area (Å²) in [6.07, 6.45) is 5.70. The molecule has 0 radical (unpaired) electrons. The summed E-state index contributed by atoms with van der Waals surface area (Å²) >= 11 is 0. The SMILES string of the molecule is CC(C)N(CC1CC1)C[C@H]1CCCN1. The van der Waals surface area contributed by atoms with Gasteiger partial charge in [0, 0.05) is 25.2 Å². The normalized spacial score (nSPS) is 27.9. The van der Waals surface area contributed by atoms with Crippen molar-refractivity contribution >= 4 is 0 Å². The lowest BCUT2D eigenvalue weighted by atomic mass is 10.2. The van der Waals surface area contributed by atoms with E-state index in [4.69, 9.17) is 0 Å². The van der Waals surface area contributed by atoms with E-state index in [1.165, 1.54) is 45.3 Å². The molecule has 0 spiro atoms. The van der Waals surface area contributed by atoms with Crippen LogP contribution in [0.1, 0.15) is 39.5 Å². The number of nitrogens with zero attached hydrogens (tertiary/aromatic N) is 1. The Balaban J connectivity index is 1.76. The van der Waals surface area contributed by atoms with Gasteiger partial charge in [-0.05, 0) is 52.0 Å². The summed E-state index contributed by atoms with van der Waals surface area (Å²) in [5.41, 5.74) is 0. The zero-order valence-electron chi connectivity index (χ0n) is 9.63. The summed E-state index contributed by atoms with van der Waals surface area (Å²) in [6, 6.07) is 1.49. The maximum absolute atomic E-state index is 3.59. The molecule has 2 rings (SSSR count). The van der Waals surface area contributed by atoms with Crippen LogP contribution in [0, 0.1) is 5.92 Å². The lowest BCUT2D eigenvalue weighted by molar-refractivity contribution is 0.194.